The van der Waals surface area contributed by atoms with Crippen molar-refractivity contribution >= 4 is 22.6 Å². The lowest BCUT2D eigenvalue weighted by atomic mass is 10.1. The van der Waals surface area contributed by atoms with E-state index in [0.717, 1.165) is 16.3 Å². The van der Waals surface area contributed by atoms with Crippen LogP contribution in [0.15, 0.2) is 66.7 Å². The van der Waals surface area contributed by atoms with E-state index in [2.05, 4.69) is 10.9 Å². The molecule has 0 saturated heterocycles. The van der Waals surface area contributed by atoms with Gasteiger partial charge in [0.1, 0.15) is 11.5 Å². The van der Waals surface area contributed by atoms with Crippen molar-refractivity contribution in [2.45, 2.75) is 20.0 Å². The van der Waals surface area contributed by atoms with Crippen LogP contribution in [0.1, 0.15) is 12.5 Å². The van der Waals surface area contributed by atoms with Gasteiger partial charge in [0.05, 0.1) is 0 Å². The zero-order valence-corrected chi connectivity index (χ0v) is 15.8. The average Bonchev–Trinajstić information content (AvgIpc) is 2.71. The van der Waals surface area contributed by atoms with E-state index in [9.17, 15) is 9.59 Å². The standard InChI is InChI=1S/C22H22N2O4/c1-15-7-3-6-10-20(15)27-14-21(25)23-24-22(26)16(2)28-19-12-11-17-8-4-5-9-18(17)13-19/h3-13,16H,14H2,1-2H3,(H,23,25)(H,24,26)/t16-/m0/s1. The van der Waals surface area contributed by atoms with Crippen LogP contribution in [0.5, 0.6) is 11.5 Å². The van der Waals surface area contributed by atoms with Crippen molar-refractivity contribution in [3.63, 3.8) is 0 Å². The van der Waals surface area contributed by atoms with Gasteiger partial charge in [-0.05, 0) is 48.4 Å². The molecule has 0 radical (unpaired) electrons. The van der Waals surface area contributed by atoms with Gasteiger partial charge in [0, 0.05) is 0 Å². The number of hydrogen-bond donors (Lipinski definition) is 2. The molecule has 3 aromatic carbocycles. The summed E-state index contributed by atoms with van der Waals surface area (Å²) in [6.07, 6.45) is -0.779. The number of hydrogen-bond acceptors (Lipinski definition) is 4. The average molecular weight is 378 g/mol. The van der Waals surface area contributed by atoms with Crippen molar-refractivity contribution < 1.29 is 19.1 Å². The largest absolute Gasteiger partial charge is 0.483 e. The maximum absolute atomic E-state index is 12.2. The van der Waals surface area contributed by atoms with Gasteiger partial charge >= 0.3 is 0 Å². The SMILES string of the molecule is Cc1ccccc1OCC(=O)NNC(=O)[C@H](C)Oc1ccc2ccccc2c1. The maximum atomic E-state index is 12.2. The molecular weight excluding hydrogens is 356 g/mol. The Morgan fingerprint density at radius 3 is 2.43 bits per heavy atom. The molecule has 0 aliphatic heterocycles. The van der Waals surface area contributed by atoms with E-state index in [4.69, 9.17) is 9.47 Å². The summed E-state index contributed by atoms with van der Waals surface area (Å²) in [5.74, 6) is 0.277. The normalized spacial score (nSPS) is 11.5. The molecular formula is C22H22N2O4. The Labute approximate surface area is 163 Å². The summed E-state index contributed by atoms with van der Waals surface area (Å²) in [5, 5.41) is 2.11. The summed E-state index contributed by atoms with van der Waals surface area (Å²) in [4.78, 5) is 24.0. The summed E-state index contributed by atoms with van der Waals surface area (Å²) in [7, 11) is 0. The molecule has 0 aliphatic carbocycles. The van der Waals surface area contributed by atoms with Crippen molar-refractivity contribution in [1.29, 1.82) is 0 Å². The number of hydrazine groups is 1. The van der Waals surface area contributed by atoms with Crippen LogP contribution >= 0.6 is 0 Å². The highest BCUT2D eigenvalue weighted by Gasteiger charge is 2.16. The van der Waals surface area contributed by atoms with Crippen molar-refractivity contribution in [3.8, 4) is 11.5 Å². The van der Waals surface area contributed by atoms with Crippen LogP contribution in [-0.4, -0.2) is 24.5 Å². The minimum absolute atomic E-state index is 0.203. The summed E-state index contributed by atoms with van der Waals surface area (Å²) in [6, 6.07) is 20.9. The smallest absolute Gasteiger partial charge is 0.279 e. The van der Waals surface area contributed by atoms with Crippen LogP contribution in [0.3, 0.4) is 0 Å². The van der Waals surface area contributed by atoms with Gasteiger partial charge in [0.2, 0.25) is 0 Å². The van der Waals surface area contributed by atoms with Crippen LogP contribution in [0.2, 0.25) is 0 Å². The van der Waals surface area contributed by atoms with Crippen LogP contribution < -0.4 is 20.3 Å². The molecule has 0 unspecified atom stereocenters. The Hall–Kier alpha value is -3.54. The Bertz CT molecular complexity index is 987. The number of rotatable bonds is 6. The Balaban J connectivity index is 1.46. The van der Waals surface area contributed by atoms with Gasteiger partial charge in [-0.15, -0.1) is 0 Å². The number of carbonyl (C=O) groups excluding carboxylic acids is 2. The van der Waals surface area contributed by atoms with Gasteiger partial charge in [-0.1, -0.05) is 48.5 Å². The molecule has 28 heavy (non-hydrogen) atoms. The number of ether oxygens (including phenoxy) is 2. The van der Waals surface area contributed by atoms with Gasteiger partial charge in [-0.2, -0.15) is 0 Å². The molecule has 0 heterocycles. The molecule has 0 spiro atoms. The van der Waals surface area contributed by atoms with Crippen LogP contribution in [0.4, 0.5) is 0 Å². The first-order valence-electron chi connectivity index (χ1n) is 8.95. The molecule has 2 amide bonds. The molecule has 0 saturated carbocycles. The molecule has 0 bridgehead atoms. The summed E-state index contributed by atoms with van der Waals surface area (Å²) >= 11 is 0. The fourth-order valence-corrected chi connectivity index (χ4v) is 2.63. The van der Waals surface area contributed by atoms with E-state index in [0.29, 0.717) is 11.5 Å². The van der Waals surface area contributed by atoms with Crippen LogP contribution in [-0.2, 0) is 9.59 Å². The lowest BCUT2D eigenvalue weighted by molar-refractivity contribution is -0.133. The van der Waals surface area contributed by atoms with Crippen LogP contribution in [0.25, 0.3) is 10.8 Å². The molecule has 2 N–H and O–H groups in total. The second-order valence-electron chi connectivity index (χ2n) is 6.36. The van der Waals surface area contributed by atoms with Gasteiger partial charge in [0.15, 0.2) is 12.7 Å². The Kier molecular flexibility index (Phi) is 6.11. The van der Waals surface area contributed by atoms with Crippen molar-refractivity contribution in [2.75, 3.05) is 6.61 Å². The third-order valence-corrected chi connectivity index (χ3v) is 4.18. The van der Waals surface area contributed by atoms with E-state index < -0.39 is 17.9 Å². The number of amides is 2. The molecule has 0 aromatic heterocycles. The number of carbonyl (C=O) groups is 2. The fourth-order valence-electron chi connectivity index (χ4n) is 2.63. The second kappa shape index (κ2) is 8.90. The molecule has 0 aliphatic rings. The number of aryl methyl sites for hydroxylation is 1. The van der Waals surface area contributed by atoms with E-state index in [1.807, 2.05) is 61.5 Å². The number of benzene rings is 3. The number of fused-ring (bicyclic) bond motifs is 1. The molecule has 6 heteroatoms. The third-order valence-electron chi connectivity index (χ3n) is 4.18. The molecule has 0 fully saturated rings. The van der Waals surface area contributed by atoms with Crippen molar-refractivity contribution in [2.24, 2.45) is 0 Å². The first-order chi connectivity index (χ1) is 13.5. The highest BCUT2D eigenvalue weighted by Crippen LogP contribution is 2.21. The van der Waals surface area contributed by atoms with E-state index in [-0.39, 0.29) is 6.61 Å². The summed E-state index contributed by atoms with van der Waals surface area (Å²) in [6.45, 7) is 3.30. The predicted octanol–water partition coefficient (Wildman–Crippen LogP) is 3.14. The van der Waals surface area contributed by atoms with Crippen LogP contribution in [0, 0.1) is 6.92 Å². The maximum Gasteiger partial charge on any atom is 0.279 e. The molecule has 3 rings (SSSR count). The molecule has 6 nitrogen and oxygen atoms in total. The first-order valence-corrected chi connectivity index (χ1v) is 8.95. The Morgan fingerprint density at radius 1 is 0.929 bits per heavy atom. The van der Waals surface area contributed by atoms with E-state index in [1.165, 1.54) is 0 Å². The summed E-state index contributed by atoms with van der Waals surface area (Å²) in [5.41, 5.74) is 5.60. The van der Waals surface area contributed by atoms with Crippen molar-refractivity contribution in [3.05, 3.63) is 72.3 Å². The van der Waals surface area contributed by atoms with E-state index >= 15 is 0 Å². The number of para-hydroxylation sites is 1. The fraction of sp³-hybridized carbons (Fsp3) is 0.182. The zero-order chi connectivity index (χ0) is 19.9. The van der Waals surface area contributed by atoms with Gasteiger partial charge in [-0.3, -0.25) is 20.4 Å². The minimum Gasteiger partial charge on any atom is -0.483 e. The first kappa shape index (κ1) is 19.2. The molecule has 1 atom stereocenters. The van der Waals surface area contributed by atoms with Crippen molar-refractivity contribution in [1.82, 2.24) is 10.9 Å². The predicted molar refractivity (Wildman–Crippen MR) is 107 cm³/mol. The second-order valence-corrected chi connectivity index (χ2v) is 6.36. The third kappa shape index (κ3) is 5.01. The summed E-state index contributed by atoms with van der Waals surface area (Å²) < 4.78 is 11.1. The van der Waals surface area contributed by atoms with Gasteiger partial charge < -0.3 is 9.47 Å². The molecule has 3 aromatic rings. The highest BCUT2D eigenvalue weighted by molar-refractivity contribution is 5.86. The topological polar surface area (TPSA) is 76.7 Å². The Morgan fingerprint density at radius 2 is 1.64 bits per heavy atom. The van der Waals surface area contributed by atoms with E-state index in [1.54, 1.807) is 19.1 Å². The molecule has 144 valence electrons. The van der Waals surface area contributed by atoms with Gasteiger partial charge in [-0.25, -0.2) is 0 Å². The zero-order valence-electron chi connectivity index (χ0n) is 15.8. The highest BCUT2D eigenvalue weighted by atomic mass is 16.5. The lowest BCUT2D eigenvalue weighted by Crippen LogP contribution is -2.48. The lowest BCUT2D eigenvalue weighted by Gasteiger charge is -2.16. The van der Waals surface area contributed by atoms with Gasteiger partial charge in [0.25, 0.3) is 11.8 Å². The quantitative estimate of drug-likeness (QED) is 0.646. The minimum atomic E-state index is -0.779. The number of nitrogens with one attached hydrogen (secondary N) is 2. The monoisotopic (exact) mass is 378 g/mol.